The summed E-state index contributed by atoms with van der Waals surface area (Å²) in [6.07, 6.45) is 48.6. The molecule has 0 aromatic rings. The number of ether oxygens (including phenoxy) is 2. The first-order chi connectivity index (χ1) is 26.4. The van der Waals surface area contributed by atoms with E-state index in [-0.39, 0.29) is 32.3 Å². The highest BCUT2D eigenvalue weighted by molar-refractivity contribution is 7.47. The second-order valence-corrected chi connectivity index (χ2v) is 16.8. The molecule has 0 saturated heterocycles. The van der Waals surface area contributed by atoms with Gasteiger partial charge in [-0.15, -0.1) is 0 Å². The van der Waals surface area contributed by atoms with Crippen molar-refractivity contribution in [2.75, 3.05) is 26.4 Å². The Kier molecular flexibility index (Phi) is 42.0. The molecule has 0 amide bonds. The van der Waals surface area contributed by atoms with Crippen molar-refractivity contribution < 1.29 is 32.8 Å². The number of allylic oxidation sites excluding steroid dienone is 3. The zero-order valence-corrected chi connectivity index (χ0v) is 36.4. The minimum absolute atomic E-state index is 0.0351. The Balaban J connectivity index is 4.02. The van der Waals surface area contributed by atoms with Gasteiger partial charge in [-0.1, -0.05) is 187 Å². The van der Waals surface area contributed by atoms with Crippen LogP contribution in [0.4, 0.5) is 0 Å². The monoisotopic (exact) mass is 786 g/mol. The van der Waals surface area contributed by atoms with E-state index in [9.17, 15) is 14.3 Å². The first kappa shape index (κ1) is 52.8. The van der Waals surface area contributed by atoms with Gasteiger partial charge in [-0.25, -0.2) is 4.57 Å². The van der Waals surface area contributed by atoms with Crippen LogP contribution in [-0.4, -0.2) is 43.3 Å². The van der Waals surface area contributed by atoms with E-state index in [1.165, 1.54) is 173 Å². The molecule has 0 aliphatic rings. The zero-order valence-electron chi connectivity index (χ0n) is 35.5. The summed E-state index contributed by atoms with van der Waals surface area (Å²) < 4.78 is 33.2. The van der Waals surface area contributed by atoms with E-state index >= 15 is 0 Å². The highest BCUT2D eigenvalue weighted by atomic mass is 31.2. The maximum absolute atomic E-state index is 12.6. The minimum atomic E-state index is -4.29. The summed E-state index contributed by atoms with van der Waals surface area (Å²) in [4.78, 5) is 22.5. The lowest BCUT2D eigenvalue weighted by Gasteiger charge is -2.19. The van der Waals surface area contributed by atoms with Crippen LogP contribution in [0.2, 0.25) is 0 Å². The lowest BCUT2D eigenvalue weighted by atomic mass is 10.0. The van der Waals surface area contributed by atoms with Crippen LogP contribution in [0, 0.1) is 0 Å². The van der Waals surface area contributed by atoms with Crippen molar-refractivity contribution in [3.8, 4) is 0 Å². The first-order valence-electron chi connectivity index (χ1n) is 22.9. The van der Waals surface area contributed by atoms with E-state index in [1.807, 2.05) is 6.08 Å². The molecule has 320 valence electrons. The molecule has 0 aromatic heterocycles. The van der Waals surface area contributed by atoms with E-state index < -0.39 is 13.9 Å². The van der Waals surface area contributed by atoms with E-state index in [0.717, 1.165) is 32.1 Å². The molecule has 0 rings (SSSR count). The van der Waals surface area contributed by atoms with Crippen LogP contribution in [0.5, 0.6) is 0 Å². The van der Waals surface area contributed by atoms with Gasteiger partial charge >= 0.3 is 13.8 Å². The van der Waals surface area contributed by atoms with Crippen molar-refractivity contribution >= 4 is 13.8 Å². The number of carbonyl (C=O) groups excluding carboxylic acids is 1. The second kappa shape index (κ2) is 43.0. The third-order valence-corrected chi connectivity index (χ3v) is 10.9. The van der Waals surface area contributed by atoms with E-state index in [2.05, 4.69) is 26.0 Å². The van der Waals surface area contributed by atoms with Crippen LogP contribution in [0.3, 0.4) is 0 Å². The fraction of sp³-hybridized carbons (Fsp3) is 0.889. The first-order valence-corrected chi connectivity index (χ1v) is 24.4. The van der Waals surface area contributed by atoms with Crippen molar-refractivity contribution in [3.05, 3.63) is 24.5 Å². The lowest BCUT2D eigenvalue weighted by molar-refractivity contribution is -0.153. The molecule has 0 heterocycles. The average molecular weight is 786 g/mol. The molecule has 0 fully saturated rings. The highest BCUT2D eigenvalue weighted by Crippen LogP contribution is 2.43. The van der Waals surface area contributed by atoms with Gasteiger partial charge in [0.2, 0.25) is 0 Å². The molecule has 9 heteroatoms. The summed E-state index contributed by atoms with van der Waals surface area (Å²) in [5.41, 5.74) is 5.37. The summed E-state index contributed by atoms with van der Waals surface area (Å²) >= 11 is 0. The number of unbranched alkanes of at least 4 members (excludes halogenated alkanes) is 29. The summed E-state index contributed by atoms with van der Waals surface area (Å²) in [5.74, 6) is -0.352. The molecule has 8 nitrogen and oxygen atoms in total. The molecule has 2 unspecified atom stereocenters. The smallest absolute Gasteiger partial charge is 0.472 e. The summed E-state index contributed by atoms with van der Waals surface area (Å²) in [7, 11) is -4.29. The van der Waals surface area contributed by atoms with Crippen molar-refractivity contribution in [3.63, 3.8) is 0 Å². The van der Waals surface area contributed by atoms with E-state index in [0.29, 0.717) is 6.42 Å². The zero-order chi connectivity index (χ0) is 39.5. The quantitative estimate of drug-likeness (QED) is 0.0206. The maximum atomic E-state index is 12.6. The third kappa shape index (κ3) is 42.0. The van der Waals surface area contributed by atoms with Gasteiger partial charge < -0.3 is 20.1 Å². The van der Waals surface area contributed by atoms with Crippen molar-refractivity contribution in [1.82, 2.24) is 0 Å². The van der Waals surface area contributed by atoms with Crippen molar-refractivity contribution in [2.24, 2.45) is 5.73 Å². The number of phosphoric ester groups is 1. The van der Waals surface area contributed by atoms with Crippen molar-refractivity contribution in [2.45, 2.75) is 232 Å². The largest absolute Gasteiger partial charge is 0.498 e. The number of nitrogens with two attached hydrogens (primary N) is 1. The number of esters is 1. The molecule has 0 aromatic carbocycles. The van der Waals surface area contributed by atoms with Crippen molar-refractivity contribution in [1.29, 1.82) is 0 Å². The van der Waals surface area contributed by atoms with Crippen LogP contribution < -0.4 is 5.73 Å². The van der Waals surface area contributed by atoms with Gasteiger partial charge in [0.05, 0.1) is 19.5 Å². The SMILES string of the molecule is CCCCCCCCC=CCCCCCCCCCCCC(=O)OC(COC=CCCCCCCCCCCCCCCCC)COP(=O)(O)OCCN. The molecule has 0 bridgehead atoms. The standard InChI is InChI=1S/C45H88NO7P/c1-3-5-7-9-11-13-15-17-19-21-22-23-24-26-28-30-32-34-36-38-45(47)53-44(43-52-54(48,49)51-41-39-46)42-50-40-37-35-33-31-29-27-25-20-18-16-14-12-10-8-6-4-2/h17,19,37,40,44H,3-16,18,20-36,38-39,41-43,46H2,1-2H3,(H,48,49). The molecule has 0 aliphatic carbocycles. The fourth-order valence-electron chi connectivity index (χ4n) is 6.55. The summed E-state index contributed by atoms with van der Waals surface area (Å²) in [5, 5.41) is 0. The van der Waals surface area contributed by atoms with Gasteiger partial charge in [0.25, 0.3) is 0 Å². The summed E-state index contributed by atoms with van der Waals surface area (Å²) in [6.45, 7) is 4.27. The highest BCUT2D eigenvalue weighted by Gasteiger charge is 2.25. The van der Waals surface area contributed by atoms with Gasteiger partial charge in [0.1, 0.15) is 6.61 Å². The van der Waals surface area contributed by atoms with Crippen LogP contribution in [0.15, 0.2) is 24.5 Å². The molecule has 0 spiro atoms. The Labute approximate surface area is 334 Å². The molecule has 54 heavy (non-hydrogen) atoms. The Hall–Kier alpha value is -1.18. The molecule has 0 radical (unpaired) electrons. The van der Waals surface area contributed by atoms with E-state index in [1.54, 1.807) is 6.26 Å². The van der Waals surface area contributed by atoms with Gasteiger partial charge in [-0.3, -0.25) is 13.8 Å². The fourth-order valence-corrected chi connectivity index (χ4v) is 7.31. The topological polar surface area (TPSA) is 117 Å². The lowest BCUT2D eigenvalue weighted by Crippen LogP contribution is -2.27. The van der Waals surface area contributed by atoms with E-state index in [4.69, 9.17) is 24.3 Å². The Morgan fingerprint density at radius 1 is 0.556 bits per heavy atom. The van der Waals surface area contributed by atoms with Crippen LogP contribution in [0.25, 0.3) is 0 Å². The Morgan fingerprint density at radius 2 is 0.944 bits per heavy atom. The Morgan fingerprint density at radius 3 is 1.37 bits per heavy atom. The molecule has 0 saturated carbocycles. The Bertz CT molecular complexity index is 884. The molecule has 2 atom stereocenters. The van der Waals surface area contributed by atoms with Gasteiger partial charge in [-0.05, 0) is 51.0 Å². The van der Waals surface area contributed by atoms with Gasteiger partial charge in [0.15, 0.2) is 6.10 Å². The third-order valence-electron chi connectivity index (χ3n) is 9.94. The maximum Gasteiger partial charge on any atom is 0.472 e. The van der Waals surface area contributed by atoms with Crippen LogP contribution >= 0.6 is 7.82 Å². The number of hydrogen-bond acceptors (Lipinski definition) is 7. The van der Waals surface area contributed by atoms with Crippen LogP contribution in [0.1, 0.15) is 226 Å². The molecular formula is C45H88NO7P. The second-order valence-electron chi connectivity index (χ2n) is 15.3. The molecule has 3 N–H and O–H groups in total. The number of carbonyl (C=O) groups is 1. The number of rotatable bonds is 44. The normalized spacial score (nSPS) is 13.6. The molecule has 0 aliphatic heterocycles. The van der Waals surface area contributed by atoms with Gasteiger partial charge in [0, 0.05) is 13.0 Å². The average Bonchev–Trinajstić information content (AvgIpc) is 3.16. The minimum Gasteiger partial charge on any atom is -0.498 e. The number of phosphoric acid groups is 1. The van der Waals surface area contributed by atoms with Crippen LogP contribution in [-0.2, 0) is 27.9 Å². The molecular weight excluding hydrogens is 697 g/mol. The van der Waals surface area contributed by atoms with Gasteiger partial charge in [-0.2, -0.15) is 0 Å². The summed E-state index contributed by atoms with van der Waals surface area (Å²) in [6, 6.07) is 0. The predicted molar refractivity (Wildman–Crippen MR) is 229 cm³/mol. The predicted octanol–water partition coefficient (Wildman–Crippen LogP) is 14.0. The number of hydrogen-bond donors (Lipinski definition) is 2.